The molecule has 3 aromatic rings. The molecule has 0 aliphatic heterocycles. The summed E-state index contributed by atoms with van der Waals surface area (Å²) in [6.07, 6.45) is 6.31. The van der Waals surface area contributed by atoms with Gasteiger partial charge in [-0.3, -0.25) is 14.2 Å². The summed E-state index contributed by atoms with van der Waals surface area (Å²) in [6.45, 7) is 1.89. The van der Waals surface area contributed by atoms with E-state index in [0.717, 1.165) is 24.2 Å². The molecule has 1 N–H and O–H groups in total. The largest absolute Gasteiger partial charge is 0.353 e. The summed E-state index contributed by atoms with van der Waals surface area (Å²) in [5.74, 6) is -0.00227. The van der Waals surface area contributed by atoms with Gasteiger partial charge in [0.05, 0.1) is 11.4 Å². The number of carbonyl (C=O) groups is 1. The Labute approximate surface area is 169 Å². The van der Waals surface area contributed by atoms with Gasteiger partial charge in [-0.1, -0.05) is 37.5 Å². The molecule has 0 unspecified atom stereocenters. The van der Waals surface area contributed by atoms with Crippen LogP contribution in [0.2, 0.25) is 0 Å². The Morgan fingerprint density at radius 3 is 2.62 bits per heavy atom. The van der Waals surface area contributed by atoms with E-state index in [1.807, 2.05) is 37.3 Å². The Balaban J connectivity index is 1.58. The molecule has 1 aromatic carbocycles. The minimum atomic E-state index is -0.181. The number of nitrogens with one attached hydrogen (secondary N) is 1. The van der Waals surface area contributed by atoms with E-state index in [2.05, 4.69) is 15.4 Å². The van der Waals surface area contributed by atoms with Crippen molar-refractivity contribution in [2.24, 2.45) is 7.05 Å². The molecule has 0 saturated heterocycles. The summed E-state index contributed by atoms with van der Waals surface area (Å²) in [7, 11) is 1.73. The second-order valence-corrected chi connectivity index (χ2v) is 7.83. The standard InChI is InChI=1S/C22H27N5O2/c1-15-20-21(27(25-15)17-11-7-4-8-12-17)26(2)22(29)18(24-20)13-14-19(28)23-16-9-5-3-6-10-16/h4,7-8,11-12,16H,3,5-6,9-10,13-14H2,1-2H3,(H,23,28). The Morgan fingerprint density at radius 2 is 1.90 bits per heavy atom. The number of rotatable bonds is 5. The lowest BCUT2D eigenvalue weighted by atomic mass is 9.95. The number of nitrogens with zero attached hydrogens (tertiary/aromatic N) is 4. The molecule has 1 aliphatic carbocycles. The fourth-order valence-electron chi connectivity index (χ4n) is 4.10. The van der Waals surface area contributed by atoms with E-state index in [4.69, 9.17) is 0 Å². The van der Waals surface area contributed by atoms with E-state index in [0.29, 0.717) is 23.3 Å². The fourth-order valence-corrected chi connectivity index (χ4v) is 4.10. The molecular formula is C22H27N5O2. The van der Waals surface area contributed by atoms with Crippen LogP contribution in [-0.4, -0.2) is 31.3 Å². The molecule has 0 radical (unpaired) electrons. The SMILES string of the molecule is Cc1nn(-c2ccccc2)c2c1nc(CCC(=O)NC1CCCCC1)c(=O)n2C. The molecule has 0 spiro atoms. The third-order valence-corrected chi connectivity index (χ3v) is 5.68. The lowest BCUT2D eigenvalue weighted by Gasteiger charge is -2.22. The average Bonchev–Trinajstić information content (AvgIpc) is 3.07. The summed E-state index contributed by atoms with van der Waals surface area (Å²) in [6, 6.07) is 9.97. The summed E-state index contributed by atoms with van der Waals surface area (Å²) >= 11 is 0. The average molecular weight is 393 g/mol. The maximum atomic E-state index is 12.9. The van der Waals surface area contributed by atoms with Crippen molar-refractivity contribution in [1.29, 1.82) is 0 Å². The molecular weight excluding hydrogens is 366 g/mol. The van der Waals surface area contributed by atoms with Crippen LogP contribution in [0.5, 0.6) is 0 Å². The highest BCUT2D eigenvalue weighted by molar-refractivity contribution is 5.77. The van der Waals surface area contributed by atoms with Gasteiger partial charge in [0, 0.05) is 25.9 Å². The minimum absolute atomic E-state index is 0.00227. The Bertz CT molecular complexity index is 1080. The van der Waals surface area contributed by atoms with E-state index in [1.54, 1.807) is 16.3 Å². The number of aromatic nitrogens is 4. The van der Waals surface area contributed by atoms with E-state index in [9.17, 15) is 9.59 Å². The number of para-hydroxylation sites is 1. The van der Waals surface area contributed by atoms with Gasteiger partial charge in [0.1, 0.15) is 11.2 Å². The number of benzene rings is 1. The molecule has 7 heteroatoms. The Morgan fingerprint density at radius 1 is 1.17 bits per heavy atom. The smallest absolute Gasteiger partial charge is 0.273 e. The highest BCUT2D eigenvalue weighted by Gasteiger charge is 2.19. The molecule has 4 rings (SSSR count). The number of fused-ring (bicyclic) bond motifs is 1. The topological polar surface area (TPSA) is 81.8 Å². The van der Waals surface area contributed by atoms with Crippen LogP contribution in [0.4, 0.5) is 0 Å². The molecule has 0 atom stereocenters. The molecule has 1 fully saturated rings. The Kier molecular flexibility index (Phi) is 5.47. The van der Waals surface area contributed by atoms with Crippen LogP contribution in [0.1, 0.15) is 49.9 Å². The zero-order valence-electron chi connectivity index (χ0n) is 17.0. The predicted molar refractivity (Wildman–Crippen MR) is 112 cm³/mol. The summed E-state index contributed by atoms with van der Waals surface area (Å²) in [5, 5.41) is 7.70. The molecule has 2 aromatic heterocycles. The van der Waals surface area contributed by atoms with Gasteiger partial charge in [0.15, 0.2) is 5.65 Å². The normalized spacial score (nSPS) is 15.0. The molecule has 2 heterocycles. The third-order valence-electron chi connectivity index (χ3n) is 5.68. The first-order valence-corrected chi connectivity index (χ1v) is 10.3. The number of amides is 1. The summed E-state index contributed by atoms with van der Waals surface area (Å²) in [4.78, 5) is 29.8. The van der Waals surface area contributed by atoms with Crippen molar-refractivity contribution in [3.8, 4) is 5.69 Å². The first-order chi connectivity index (χ1) is 14.0. The van der Waals surface area contributed by atoms with Gasteiger partial charge >= 0.3 is 0 Å². The van der Waals surface area contributed by atoms with Crippen LogP contribution in [0.25, 0.3) is 16.9 Å². The molecule has 1 aliphatic rings. The van der Waals surface area contributed by atoms with Gasteiger partial charge in [-0.05, 0) is 31.9 Å². The Hall–Kier alpha value is -2.96. The fraction of sp³-hybridized carbons (Fsp3) is 0.455. The van der Waals surface area contributed by atoms with Crippen molar-refractivity contribution in [3.63, 3.8) is 0 Å². The number of hydrogen-bond donors (Lipinski definition) is 1. The van der Waals surface area contributed by atoms with Crippen LogP contribution in [0, 0.1) is 6.92 Å². The second kappa shape index (κ2) is 8.19. The quantitative estimate of drug-likeness (QED) is 0.723. The van der Waals surface area contributed by atoms with E-state index >= 15 is 0 Å². The molecule has 29 heavy (non-hydrogen) atoms. The van der Waals surface area contributed by atoms with Crippen molar-refractivity contribution in [2.75, 3.05) is 0 Å². The zero-order chi connectivity index (χ0) is 20.4. The molecule has 1 amide bonds. The van der Waals surface area contributed by atoms with E-state index in [-0.39, 0.29) is 23.9 Å². The van der Waals surface area contributed by atoms with Gasteiger partial charge in [0.2, 0.25) is 5.91 Å². The first-order valence-electron chi connectivity index (χ1n) is 10.3. The monoisotopic (exact) mass is 393 g/mol. The van der Waals surface area contributed by atoms with Gasteiger partial charge in [-0.15, -0.1) is 0 Å². The van der Waals surface area contributed by atoms with Gasteiger partial charge in [-0.2, -0.15) is 5.10 Å². The molecule has 7 nitrogen and oxygen atoms in total. The first kappa shape index (κ1) is 19.4. The zero-order valence-corrected chi connectivity index (χ0v) is 17.0. The molecule has 152 valence electrons. The maximum absolute atomic E-state index is 12.9. The summed E-state index contributed by atoms with van der Waals surface area (Å²) in [5.41, 5.74) is 3.22. The van der Waals surface area contributed by atoms with Crippen molar-refractivity contribution < 1.29 is 4.79 Å². The molecule has 1 saturated carbocycles. The predicted octanol–water partition coefficient (Wildman–Crippen LogP) is 2.81. The second-order valence-electron chi connectivity index (χ2n) is 7.83. The maximum Gasteiger partial charge on any atom is 0.273 e. The third kappa shape index (κ3) is 3.95. The van der Waals surface area contributed by atoms with Gasteiger partial charge in [-0.25, -0.2) is 9.67 Å². The van der Waals surface area contributed by atoms with Crippen LogP contribution in [-0.2, 0) is 18.3 Å². The lowest BCUT2D eigenvalue weighted by molar-refractivity contribution is -0.122. The van der Waals surface area contributed by atoms with Crippen LogP contribution >= 0.6 is 0 Å². The van der Waals surface area contributed by atoms with Crippen LogP contribution < -0.4 is 10.9 Å². The summed E-state index contributed by atoms with van der Waals surface area (Å²) < 4.78 is 3.34. The number of hydrogen-bond acceptors (Lipinski definition) is 4. The van der Waals surface area contributed by atoms with Crippen LogP contribution in [0.3, 0.4) is 0 Å². The minimum Gasteiger partial charge on any atom is -0.353 e. The number of aryl methyl sites for hydroxylation is 3. The van der Waals surface area contributed by atoms with Gasteiger partial charge < -0.3 is 5.32 Å². The highest BCUT2D eigenvalue weighted by atomic mass is 16.1. The van der Waals surface area contributed by atoms with Gasteiger partial charge in [0.25, 0.3) is 5.56 Å². The highest BCUT2D eigenvalue weighted by Crippen LogP contribution is 2.20. The van der Waals surface area contributed by atoms with Crippen molar-refractivity contribution in [2.45, 2.75) is 57.9 Å². The molecule has 0 bridgehead atoms. The van der Waals surface area contributed by atoms with Crippen LogP contribution in [0.15, 0.2) is 35.1 Å². The van der Waals surface area contributed by atoms with E-state index < -0.39 is 0 Å². The lowest BCUT2D eigenvalue weighted by Crippen LogP contribution is -2.36. The number of carbonyl (C=O) groups excluding carboxylic acids is 1. The van der Waals surface area contributed by atoms with Crippen molar-refractivity contribution in [1.82, 2.24) is 24.6 Å². The van der Waals surface area contributed by atoms with Crippen molar-refractivity contribution >= 4 is 17.1 Å². The van der Waals surface area contributed by atoms with Crippen molar-refractivity contribution in [3.05, 3.63) is 52.1 Å². The van der Waals surface area contributed by atoms with E-state index in [1.165, 1.54) is 19.3 Å².